The van der Waals surface area contributed by atoms with Crippen LogP contribution in [0, 0.1) is 17.0 Å². The molecule has 0 aliphatic heterocycles. The van der Waals surface area contributed by atoms with E-state index in [0.29, 0.717) is 0 Å². The quantitative estimate of drug-likeness (QED) is 0.399. The maximum atomic E-state index is 10.8. The van der Waals surface area contributed by atoms with Crippen LogP contribution in [-0.2, 0) is 0 Å². The summed E-state index contributed by atoms with van der Waals surface area (Å²) in [5.41, 5.74) is 7.38. The highest BCUT2D eigenvalue weighted by atomic mass is 79.9. The van der Waals surface area contributed by atoms with Crippen LogP contribution in [0.2, 0.25) is 0 Å². The molecule has 0 bridgehead atoms. The average Bonchev–Trinajstić information content (AvgIpc) is 2.23. The molecule has 1 rings (SSSR count). The summed E-state index contributed by atoms with van der Waals surface area (Å²) < 4.78 is 0. The van der Waals surface area contributed by atoms with Gasteiger partial charge in [0.1, 0.15) is 5.69 Å². The van der Waals surface area contributed by atoms with Gasteiger partial charge in [-0.25, -0.2) is 0 Å². The van der Waals surface area contributed by atoms with Gasteiger partial charge >= 0.3 is 0 Å². The van der Waals surface area contributed by atoms with Crippen molar-refractivity contribution in [1.82, 2.24) is 0 Å². The molecule has 0 saturated heterocycles. The lowest BCUT2D eigenvalue weighted by molar-refractivity contribution is -0.383. The number of benzene rings is 1. The summed E-state index contributed by atoms with van der Waals surface area (Å²) >= 11 is 3.31. The monoisotopic (exact) mass is 284 g/mol. The molecule has 0 aromatic heterocycles. The second-order valence-corrected chi connectivity index (χ2v) is 4.20. The number of nitrogens with zero attached hydrogens (tertiary/aromatic N) is 1. The van der Waals surface area contributed by atoms with Gasteiger partial charge in [0.25, 0.3) is 5.69 Å². The minimum Gasteiger partial charge on any atom is -0.393 e. The predicted octanol–water partition coefficient (Wildman–Crippen LogP) is 3.28. The lowest BCUT2D eigenvalue weighted by Crippen LogP contribution is -1.98. The number of allylic oxidation sites excluding steroid dienone is 1. The minimum absolute atomic E-state index is 0.0292. The highest BCUT2D eigenvalue weighted by Gasteiger charge is 2.13. The Morgan fingerprint density at radius 2 is 2.25 bits per heavy atom. The first-order valence-corrected chi connectivity index (χ1v) is 5.95. The smallest absolute Gasteiger partial charge is 0.292 e. The van der Waals surface area contributed by atoms with E-state index in [1.165, 1.54) is 6.07 Å². The van der Waals surface area contributed by atoms with Crippen molar-refractivity contribution in [2.75, 3.05) is 11.1 Å². The third-order valence-electron chi connectivity index (χ3n) is 2.17. The van der Waals surface area contributed by atoms with Gasteiger partial charge in [0, 0.05) is 11.4 Å². The van der Waals surface area contributed by atoms with Crippen molar-refractivity contribution in [2.45, 2.75) is 13.3 Å². The normalized spacial score (nSPS) is 10.9. The summed E-state index contributed by atoms with van der Waals surface area (Å²) in [6.07, 6.45) is 4.71. The number of nitrogens with two attached hydrogens (primary N) is 1. The Hall–Kier alpha value is -1.36. The molecule has 0 fully saturated rings. The van der Waals surface area contributed by atoms with Crippen molar-refractivity contribution in [3.05, 3.63) is 39.4 Å². The molecule has 0 heterocycles. The summed E-state index contributed by atoms with van der Waals surface area (Å²) in [5, 5.41) is 11.6. The fourth-order valence-corrected chi connectivity index (χ4v) is 1.60. The van der Waals surface area contributed by atoms with Crippen LogP contribution in [0.25, 0.3) is 6.08 Å². The van der Waals surface area contributed by atoms with Gasteiger partial charge in [-0.15, -0.1) is 0 Å². The van der Waals surface area contributed by atoms with Crippen LogP contribution in [0.1, 0.15) is 17.5 Å². The number of rotatable bonds is 4. The van der Waals surface area contributed by atoms with Crippen LogP contribution < -0.4 is 5.73 Å². The van der Waals surface area contributed by atoms with Gasteiger partial charge in [-0.2, -0.15) is 0 Å². The molecule has 16 heavy (non-hydrogen) atoms. The third kappa shape index (κ3) is 3.06. The summed E-state index contributed by atoms with van der Waals surface area (Å²) in [4.78, 5) is 10.3. The second kappa shape index (κ2) is 5.65. The number of alkyl halides is 1. The van der Waals surface area contributed by atoms with Crippen molar-refractivity contribution < 1.29 is 4.92 Å². The Kier molecular flexibility index (Phi) is 4.49. The summed E-state index contributed by atoms with van der Waals surface area (Å²) in [6, 6.07) is 3.33. The van der Waals surface area contributed by atoms with E-state index in [-0.39, 0.29) is 11.4 Å². The molecular formula is C11H13BrN2O2. The third-order valence-corrected chi connectivity index (χ3v) is 2.63. The number of nitrogen functional groups attached to an aromatic ring is 1. The number of hydrogen-bond donors (Lipinski definition) is 1. The van der Waals surface area contributed by atoms with Gasteiger partial charge in [0.2, 0.25) is 0 Å². The second-order valence-electron chi connectivity index (χ2n) is 3.41. The average molecular weight is 285 g/mol. The lowest BCUT2D eigenvalue weighted by atomic mass is 10.1. The molecule has 2 N–H and O–H groups in total. The van der Waals surface area contributed by atoms with Crippen molar-refractivity contribution in [1.29, 1.82) is 0 Å². The molecule has 0 amide bonds. The maximum Gasteiger partial charge on any atom is 0.292 e. The molecule has 0 atom stereocenters. The van der Waals surface area contributed by atoms with Gasteiger partial charge in [-0.1, -0.05) is 28.1 Å². The molecule has 0 radical (unpaired) electrons. The topological polar surface area (TPSA) is 69.2 Å². The van der Waals surface area contributed by atoms with E-state index in [9.17, 15) is 10.1 Å². The largest absolute Gasteiger partial charge is 0.393 e. The number of anilines is 1. The summed E-state index contributed by atoms with van der Waals surface area (Å²) in [6.45, 7) is 1.77. The molecule has 1 aromatic rings. The number of nitro groups is 1. The number of hydrogen-bond acceptors (Lipinski definition) is 3. The predicted molar refractivity (Wildman–Crippen MR) is 69.7 cm³/mol. The van der Waals surface area contributed by atoms with Crippen molar-refractivity contribution in [3.8, 4) is 0 Å². The number of halogens is 1. The minimum atomic E-state index is -0.454. The van der Waals surface area contributed by atoms with E-state index in [1.807, 2.05) is 18.2 Å². The van der Waals surface area contributed by atoms with Crippen LogP contribution in [0.5, 0.6) is 0 Å². The van der Waals surface area contributed by atoms with Gasteiger partial charge in [0.15, 0.2) is 0 Å². The van der Waals surface area contributed by atoms with Crippen LogP contribution in [0.15, 0.2) is 18.2 Å². The molecule has 0 unspecified atom stereocenters. The number of nitro benzene ring substituents is 1. The fourth-order valence-electron chi connectivity index (χ4n) is 1.34. The fraction of sp³-hybridized carbons (Fsp3) is 0.273. The van der Waals surface area contributed by atoms with Gasteiger partial charge < -0.3 is 5.73 Å². The van der Waals surface area contributed by atoms with Crippen LogP contribution in [0.4, 0.5) is 11.4 Å². The molecule has 4 nitrogen and oxygen atoms in total. The summed E-state index contributed by atoms with van der Waals surface area (Å²) in [5.74, 6) is 0. The zero-order valence-corrected chi connectivity index (χ0v) is 10.5. The lowest BCUT2D eigenvalue weighted by Gasteiger charge is -2.03. The van der Waals surface area contributed by atoms with Crippen LogP contribution in [0.3, 0.4) is 0 Å². The van der Waals surface area contributed by atoms with Crippen molar-refractivity contribution in [3.63, 3.8) is 0 Å². The highest BCUT2D eigenvalue weighted by Crippen LogP contribution is 2.27. The highest BCUT2D eigenvalue weighted by molar-refractivity contribution is 9.09. The first kappa shape index (κ1) is 12.7. The van der Waals surface area contributed by atoms with E-state index in [2.05, 4.69) is 15.9 Å². The molecule has 5 heteroatoms. The maximum absolute atomic E-state index is 10.8. The van der Waals surface area contributed by atoms with E-state index >= 15 is 0 Å². The molecule has 1 aromatic carbocycles. The zero-order valence-electron chi connectivity index (χ0n) is 8.94. The van der Waals surface area contributed by atoms with Crippen LogP contribution >= 0.6 is 15.9 Å². The van der Waals surface area contributed by atoms with Gasteiger partial charge in [-0.05, 0) is 30.5 Å². The molecule has 86 valence electrons. The SMILES string of the molecule is Cc1cc(C=CCCBr)cc([N+](=O)[O-])c1N. The van der Waals surface area contributed by atoms with Crippen molar-refractivity contribution in [2.24, 2.45) is 0 Å². The first-order valence-electron chi connectivity index (χ1n) is 4.83. The van der Waals surface area contributed by atoms with Crippen LogP contribution in [-0.4, -0.2) is 10.3 Å². The van der Waals surface area contributed by atoms with E-state index in [1.54, 1.807) is 6.92 Å². The first-order chi connectivity index (χ1) is 7.56. The van der Waals surface area contributed by atoms with E-state index in [4.69, 9.17) is 5.73 Å². The summed E-state index contributed by atoms with van der Waals surface area (Å²) in [7, 11) is 0. The molecule has 0 aliphatic carbocycles. The molecule has 0 spiro atoms. The Morgan fingerprint density at radius 1 is 1.56 bits per heavy atom. The zero-order chi connectivity index (χ0) is 12.1. The number of aryl methyl sites for hydroxylation is 1. The Labute approximate surface area is 102 Å². The van der Waals surface area contributed by atoms with Crippen molar-refractivity contribution >= 4 is 33.4 Å². The van der Waals surface area contributed by atoms with E-state index < -0.39 is 4.92 Å². The van der Waals surface area contributed by atoms with Gasteiger partial charge in [-0.3, -0.25) is 10.1 Å². The Balaban J connectivity index is 3.09. The standard InChI is InChI=1S/C11H13BrN2O2/c1-8-6-9(4-2-3-5-12)7-10(11(8)13)14(15)16/h2,4,6-7H,3,5,13H2,1H3. The Morgan fingerprint density at radius 3 is 2.81 bits per heavy atom. The van der Waals surface area contributed by atoms with E-state index in [0.717, 1.165) is 22.9 Å². The molecule has 0 saturated carbocycles. The molecule has 0 aliphatic rings. The molecular weight excluding hydrogens is 272 g/mol. The Bertz CT molecular complexity index is 430. The van der Waals surface area contributed by atoms with Gasteiger partial charge in [0.05, 0.1) is 4.92 Å².